The summed E-state index contributed by atoms with van der Waals surface area (Å²) in [7, 11) is 1.54. The minimum atomic E-state index is -0.193. The van der Waals surface area contributed by atoms with Gasteiger partial charge in [-0.3, -0.25) is 4.79 Å². The summed E-state index contributed by atoms with van der Waals surface area (Å²) in [5.41, 5.74) is 1.33. The first-order chi connectivity index (χ1) is 10.3. The molecule has 0 bridgehead atoms. The number of amides is 1. The van der Waals surface area contributed by atoms with Crippen LogP contribution in [0.5, 0.6) is 5.75 Å². The molecule has 0 saturated heterocycles. The maximum absolute atomic E-state index is 12.2. The Morgan fingerprint density at radius 3 is 2.95 bits per heavy atom. The molecule has 2 rings (SSSR count). The van der Waals surface area contributed by atoms with Crippen molar-refractivity contribution in [1.29, 1.82) is 0 Å². The molecule has 108 valence electrons. The van der Waals surface area contributed by atoms with Gasteiger partial charge in [0.15, 0.2) is 0 Å². The molecule has 4 nitrogen and oxygen atoms in total. The largest absolute Gasteiger partial charge is 0.496 e. The fourth-order valence-corrected chi connectivity index (χ4v) is 2.58. The summed E-state index contributed by atoms with van der Waals surface area (Å²) in [5, 5.41) is 13.5. The lowest BCUT2D eigenvalue weighted by Gasteiger charge is -2.08. The maximum atomic E-state index is 12.2. The van der Waals surface area contributed by atoms with Crippen molar-refractivity contribution in [3.05, 3.63) is 51.7 Å². The fraction of sp³-hybridized carbons (Fsp3) is 0.188. The van der Waals surface area contributed by atoms with E-state index in [1.807, 2.05) is 17.5 Å². The van der Waals surface area contributed by atoms with E-state index in [0.29, 0.717) is 17.9 Å². The van der Waals surface area contributed by atoms with Crippen LogP contribution in [0.3, 0.4) is 0 Å². The van der Waals surface area contributed by atoms with E-state index in [1.54, 1.807) is 18.2 Å². The SMILES string of the molecule is COc1ccccc1C(=O)NCc1sccc1C#CCO. The standard InChI is InChI=1S/C16H15NO3S/c1-20-14-7-3-2-6-13(14)16(19)17-11-15-12(5-4-9-18)8-10-21-15/h2-3,6-8,10,18H,9,11H2,1H3,(H,17,19). The topological polar surface area (TPSA) is 58.6 Å². The van der Waals surface area contributed by atoms with Crippen LogP contribution in [-0.2, 0) is 6.54 Å². The summed E-state index contributed by atoms with van der Waals surface area (Å²) < 4.78 is 5.17. The molecule has 0 fully saturated rings. The lowest BCUT2D eigenvalue weighted by atomic mass is 10.2. The predicted molar refractivity (Wildman–Crippen MR) is 82.4 cm³/mol. The lowest BCUT2D eigenvalue weighted by molar-refractivity contribution is 0.0948. The Morgan fingerprint density at radius 1 is 1.38 bits per heavy atom. The predicted octanol–water partition coefficient (Wildman–Crippen LogP) is 2.03. The molecule has 0 saturated carbocycles. The first-order valence-corrected chi connectivity index (χ1v) is 7.21. The Hall–Kier alpha value is -2.29. The number of thiophene rings is 1. The highest BCUT2D eigenvalue weighted by Crippen LogP contribution is 2.18. The quantitative estimate of drug-likeness (QED) is 0.850. The molecule has 1 amide bonds. The third-order valence-electron chi connectivity index (χ3n) is 2.81. The monoisotopic (exact) mass is 301 g/mol. The maximum Gasteiger partial charge on any atom is 0.255 e. The Bertz CT molecular complexity index is 682. The van der Waals surface area contributed by atoms with Gasteiger partial charge in [0.05, 0.1) is 19.2 Å². The van der Waals surface area contributed by atoms with Gasteiger partial charge in [-0.1, -0.05) is 24.0 Å². The zero-order valence-corrected chi connectivity index (χ0v) is 12.4. The van der Waals surface area contributed by atoms with Crippen LogP contribution in [0, 0.1) is 11.8 Å². The summed E-state index contributed by atoms with van der Waals surface area (Å²) in [6.45, 7) is 0.215. The van der Waals surface area contributed by atoms with E-state index in [4.69, 9.17) is 9.84 Å². The van der Waals surface area contributed by atoms with Crippen molar-refractivity contribution < 1.29 is 14.6 Å². The number of benzene rings is 1. The van der Waals surface area contributed by atoms with Crippen LogP contribution in [-0.4, -0.2) is 24.7 Å². The van der Waals surface area contributed by atoms with Gasteiger partial charge in [-0.25, -0.2) is 0 Å². The van der Waals surface area contributed by atoms with Gasteiger partial charge in [-0.15, -0.1) is 11.3 Å². The van der Waals surface area contributed by atoms with Crippen LogP contribution >= 0.6 is 11.3 Å². The fourth-order valence-electron chi connectivity index (χ4n) is 1.81. The van der Waals surface area contributed by atoms with Crippen molar-refractivity contribution in [2.24, 2.45) is 0 Å². The second-order valence-corrected chi connectivity index (χ2v) is 5.10. The average molecular weight is 301 g/mol. The van der Waals surface area contributed by atoms with Gasteiger partial charge >= 0.3 is 0 Å². The number of carbonyl (C=O) groups excluding carboxylic acids is 1. The van der Waals surface area contributed by atoms with Crippen LogP contribution in [0.1, 0.15) is 20.8 Å². The second-order valence-electron chi connectivity index (χ2n) is 4.10. The number of rotatable bonds is 4. The van der Waals surface area contributed by atoms with Gasteiger partial charge in [0.1, 0.15) is 12.4 Å². The molecule has 5 heteroatoms. The second kappa shape index (κ2) is 7.48. The average Bonchev–Trinajstić information content (AvgIpc) is 2.97. The Balaban J connectivity index is 2.06. The van der Waals surface area contributed by atoms with Crippen molar-refractivity contribution in [2.45, 2.75) is 6.54 Å². The number of aliphatic hydroxyl groups excluding tert-OH is 1. The van der Waals surface area contributed by atoms with Crippen molar-refractivity contribution >= 4 is 17.2 Å². The van der Waals surface area contributed by atoms with Gasteiger partial charge < -0.3 is 15.2 Å². The van der Waals surface area contributed by atoms with Crippen LogP contribution in [0.15, 0.2) is 35.7 Å². The molecule has 0 aliphatic rings. The molecule has 0 spiro atoms. The number of hydrogen-bond acceptors (Lipinski definition) is 4. The number of ether oxygens (including phenoxy) is 1. The normalized spacial score (nSPS) is 9.62. The summed E-state index contributed by atoms with van der Waals surface area (Å²) in [5.74, 6) is 5.82. The minimum absolute atomic E-state index is 0.178. The summed E-state index contributed by atoms with van der Waals surface area (Å²) in [6.07, 6.45) is 0. The molecular weight excluding hydrogens is 286 g/mol. The minimum Gasteiger partial charge on any atom is -0.496 e. The van der Waals surface area contributed by atoms with Crippen molar-refractivity contribution in [1.82, 2.24) is 5.32 Å². The molecule has 1 aromatic carbocycles. The molecule has 1 aromatic heterocycles. The summed E-state index contributed by atoms with van der Waals surface area (Å²) >= 11 is 1.52. The van der Waals surface area contributed by atoms with E-state index in [-0.39, 0.29) is 12.5 Å². The smallest absolute Gasteiger partial charge is 0.255 e. The molecule has 2 aromatic rings. The van der Waals surface area contributed by atoms with Crippen LogP contribution in [0.4, 0.5) is 0 Å². The molecule has 0 unspecified atom stereocenters. The molecule has 21 heavy (non-hydrogen) atoms. The van der Waals surface area contributed by atoms with Gasteiger partial charge in [-0.05, 0) is 23.6 Å². The number of methoxy groups -OCH3 is 1. The van der Waals surface area contributed by atoms with Crippen LogP contribution < -0.4 is 10.1 Å². The highest BCUT2D eigenvalue weighted by atomic mass is 32.1. The van der Waals surface area contributed by atoms with E-state index in [1.165, 1.54) is 18.4 Å². The molecule has 0 atom stereocenters. The zero-order valence-electron chi connectivity index (χ0n) is 11.6. The van der Waals surface area contributed by atoms with Crippen LogP contribution in [0.2, 0.25) is 0 Å². The van der Waals surface area contributed by atoms with Crippen molar-refractivity contribution in [3.8, 4) is 17.6 Å². The zero-order chi connectivity index (χ0) is 15.1. The van der Waals surface area contributed by atoms with E-state index in [2.05, 4.69) is 17.2 Å². The van der Waals surface area contributed by atoms with Crippen molar-refractivity contribution in [2.75, 3.05) is 13.7 Å². The summed E-state index contributed by atoms with van der Waals surface area (Å²) in [4.78, 5) is 13.1. The van der Waals surface area contributed by atoms with E-state index >= 15 is 0 Å². The van der Waals surface area contributed by atoms with Crippen LogP contribution in [0.25, 0.3) is 0 Å². The Kier molecular flexibility index (Phi) is 5.38. The highest BCUT2D eigenvalue weighted by molar-refractivity contribution is 7.10. The Labute approximate surface area is 127 Å². The lowest BCUT2D eigenvalue weighted by Crippen LogP contribution is -2.23. The number of nitrogens with one attached hydrogen (secondary N) is 1. The number of hydrogen-bond donors (Lipinski definition) is 2. The van der Waals surface area contributed by atoms with Crippen molar-refractivity contribution in [3.63, 3.8) is 0 Å². The molecular formula is C16H15NO3S. The van der Waals surface area contributed by atoms with Gasteiger partial charge in [0.2, 0.25) is 0 Å². The first-order valence-electron chi connectivity index (χ1n) is 6.33. The van der Waals surface area contributed by atoms with Gasteiger partial charge in [0.25, 0.3) is 5.91 Å². The highest BCUT2D eigenvalue weighted by Gasteiger charge is 2.12. The first kappa shape index (κ1) is 15.1. The molecule has 0 radical (unpaired) electrons. The van der Waals surface area contributed by atoms with E-state index in [9.17, 15) is 4.79 Å². The molecule has 0 aliphatic carbocycles. The van der Waals surface area contributed by atoms with Gasteiger partial charge in [0, 0.05) is 10.4 Å². The van der Waals surface area contributed by atoms with E-state index in [0.717, 1.165) is 10.4 Å². The molecule has 2 N–H and O–H groups in total. The molecule has 1 heterocycles. The third kappa shape index (κ3) is 3.85. The third-order valence-corrected chi connectivity index (χ3v) is 3.73. The van der Waals surface area contributed by atoms with E-state index < -0.39 is 0 Å². The number of para-hydroxylation sites is 1. The van der Waals surface area contributed by atoms with Gasteiger partial charge in [-0.2, -0.15) is 0 Å². The molecule has 0 aliphatic heterocycles. The number of carbonyl (C=O) groups is 1. The number of aliphatic hydroxyl groups is 1. The Morgan fingerprint density at radius 2 is 2.19 bits per heavy atom. The summed E-state index contributed by atoms with van der Waals surface area (Å²) in [6, 6.07) is 8.95.